The maximum Gasteiger partial charge on any atom is 0.436 e. The summed E-state index contributed by atoms with van der Waals surface area (Å²) in [6.45, 7) is -0.721. The van der Waals surface area contributed by atoms with Crippen LogP contribution in [0.2, 0.25) is 0 Å². The van der Waals surface area contributed by atoms with E-state index in [1.54, 1.807) is 0 Å². The lowest BCUT2D eigenvalue weighted by Crippen LogP contribution is -2.58. The number of amides is 2. The number of carbonyl (C=O) groups is 2. The Balaban J connectivity index is 2.23. The number of rotatable bonds is 6. The number of likely N-dealkylation sites (tertiary alicyclic amines) is 2. The molecule has 29 heavy (non-hydrogen) atoms. The molecule has 9 nitrogen and oxygen atoms in total. The number of nitrogens with zero attached hydrogens (tertiary/aromatic N) is 2. The molecule has 0 atom stereocenters. The smallest absolute Gasteiger partial charge is 0.336 e. The largest absolute Gasteiger partial charge is 0.436 e. The molecule has 2 aliphatic rings. The molecule has 0 unspecified atom stereocenters. The van der Waals surface area contributed by atoms with Crippen molar-refractivity contribution in [2.45, 2.75) is 49.0 Å². The van der Waals surface area contributed by atoms with Crippen LogP contribution in [0.3, 0.4) is 0 Å². The van der Waals surface area contributed by atoms with Gasteiger partial charge in [0.15, 0.2) is 0 Å². The van der Waals surface area contributed by atoms with Gasteiger partial charge in [-0.25, -0.2) is 16.8 Å². The Hall–Kier alpha value is -1.48. The van der Waals surface area contributed by atoms with E-state index in [1.165, 1.54) is 0 Å². The topological polar surface area (TPSA) is 121 Å². The van der Waals surface area contributed by atoms with Gasteiger partial charge in [-0.3, -0.25) is 9.59 Å². The number of halogens is 4. The molecule has 0 aromatic rings. The van der Waals surface area contributed by atoms with E-state index in [1.807, 2.05) is 0 Å². The minimum atomic E-state index is -6.43. The van der Waals surface area contributed by atoms with Gasteiger partial charge in [-0.15, -0.1) is 0 Å². The number of alkyl halides is 4. The van der Waals surface area contributed by atoms with E-state index in [0.29, 0.717) is 48.3 Å². The van der Waals surface area contributed by atoms with Gasteiger partial charge in [0.05, 0.1) is 0 Å². The third kappa shape index (κ3) is 4.66. The summed E-state index contributed by atoms with van der Waals surface area (Å²) in [4.78, 5) is 24.8. The number of sulfonamides is 2. The fourth-order valence-electron chi connectivity index (χ4n) is 3.04. The van der Waals surface area contributed by atoms with Crippen LogP contribution < -0.4 is 4.13 Å². The molecule has 2 rings (SSSR count). The minimum absolute atomic E-state index is 0.180. The molecule has 2 heterocycles. The van der Waals surface area contributed by atoms with Crippen molar-refractivity contribution in [3.05, 3.63) is 0 Å². The molecule has 168 valence electrons. The van der Waals surface area contributed by atoms with Gasteiger partial charge in [0, 0.05) is 26.2 Å². The molecule has 0 spiro atoms. The van der Waals surface area contributed by atoms with Crippen LogP contribution in [0, 0.1) is 0 Å². The van der Waals surface area contributed by atoms with Crippen LogP contribution in [0.1, 0.15) is 38.5 Å². The predicted octanol–water partition coefficient (Wildman–Crippen LogP) is 0.446. The Bertz CT molecular complexity index is 781. The van der Waals surface area contributed by atoms with Gasteiger partial charge in [0.25, 0.3) is 0 Å². The summed E-state index contributed by atoms with van der Waals surface area (Å²) in [7, 11) is -12.9. The van der Waals surface area contributed by atoms with Gasteiger partial charge in [0.2, 0.25) is 0 Å². The average Bonchev–Trinajstić information content (AvgIpc) is 2.67. The van der Waals surface area contributed by atoms with Crippen LogP contribution in [-0.2, 0) is 29.6 Å². The first-order chi connectivity index (χ1) is 13.2. The highest BCUT2D eigenvalue weighted by molar-refractivity contribution is 8.06. The van der Waals surface area contributed by atoms with Crippen LogP contribution in [0.15, 0.2) is 0 Å². The summed E-state index contributed by atoms with van der Waals surface area (Å²) in [6, 6.07) is 0. The Morgan fingerprint density at radius 1 is 0.621 bits per heavy atom. The number of carbonyl (C=O) groups excluding carboxylic acids is 2. The molecule has 0 aromatic carbocycles. The second-order valence-corrected chi connectivity index (χ2v) is 10.5. The fourth-order valence-corrected chi connectivity index (χ4v) is 5.75. The summed E-state index contributed by atoms with van der Waals surface area (Å²) in [5, 5.41) is -10.6. The Kier molecular flexibility index (Phi) is 6.84. The normalized spacial score (nSPS) is 19.9. The quantitative estimate of drug-likeness (QED) is 0.566. The zero-order chi connectivity index (χ0) is 22.1. The molecule has 0 aliphatic carbocycles. The molecule has 15 heteroatoms. The van der Waals surface area contributed by atoms with E-state index in [9.17, 15) is 44.0 Å². The first-order valence-electron chi connectivity index (χ1n) is 8.86. The van der Waals surface area contributed by atoms with E-state index < -0.39 is 42.4 Å². The molecule has 0 aromatic heterocycles. The lowest BCUT2D eigenvalue weighted by Gasteiger charge is -2.31. The van der Waals surface area contributed by atoms with Crippen LogP contribution in [-0.4, -0.2) is 75.1 Å². The van der Waals surface area contributed by atoms with Crippen molar-refractivity contribution in [3.8, 4) is 0 Å². The first kappa shape index (κ1) is 23.8. The molecule has 2 amide bonds. The van der Waals surface area contributed by atoms with Crippen LogP contribution >= 0.6 is 0 Å². The highest BCUT2D eigenvalue weighted by Crippen LogP contribution is 2.30. The second-order valence-electron chi connectivity index (χ2n) is 6.83. The number of piperidine rings is 2. The van der Waals surface area contributed by atoms with E-state index in [2.05, 4.69) is 0 Å². The SMILES string of the molecule is O=C(N1CCCCC1)C(F)(F)S(=O)(=O)NS(=O)(=O)C(F)(F)C(=O)N1CCCCC1. The van der Waals surface area contributed by atoms with E-state index in [0.717, 1.165) is 0 Å². The lowest BCUT2D eigenvalue weighted by atomic mass is 10.1. The molecule has 0 radical (unpaired) electrons. The Morgan fingerprint density at radius 3 is 1.17 bits per heavy atom. The van der Waals surface area contributed by atoms with Crippen LogP contribution in [0.25, 0.3) is 0 Å². The molecular weight excluding hydrogens is 446 g/mol. The molecular formula is C14H21F4N3O6S2. The molecule has 2 fully saturated rings. The standard InChI is InChI=1S/C14H21F4N3O6S2/c15-13(16,11(22)20-7-3-1-4-8-20)28(24,25)19-29(26,27)14(17,18)12(23)21-9-5-2-6-10-21/h19H,1-10H2. The molecule has 2 saturated heterocycles. The third-order valence-corrected chi connectivity index (χ3v) is 8.13. The summed E-state index contributed by atoms with van der Waals surface area (Å²) in [5.74, 6) is -4.43. The van der Waals surface area contributed by atoms with Crippen molar-refractivity contribution in [1.29, 1.82) is 0 Å². The molecule has 0 saturated carbocycles. The highest BCUT2D eigenvalue weighted by atomic mass is 32.3. The summed E-state index contributed by atoms with van der Waals surface area (Å²) in [5.41, 5.74) is 0. The second kappa shape index (κ2) is 8.34. The monoisotopic (exact) mass is 467 g/mol. The zero-order valence-electron chi connectivity index (χ0n) is 15.2. The fraction of sp³-hybridized carbons (Fsp3) is 0.857. The number of nitrogens with one attached hydrogen (secondary N) is 1. The van der Waals surface area contributed by atoms with Crippen molar-refractivity contribution >= 4 is 31.9 Å². The van der Waals surface area contributed by atoms with Gasteiger partial charge < -0.3 is 9.80 Å². The maximum atomic E-state index is 14.2. The lowest BCUT2D eigenvalue weighted by molar-refractivity contribution is -0.148. The molecule has 1 N–H and O–H groups in total. The summed E-state index contributed by atoms with van der Waals surface area (Å²) < 4.78 is 104. The van der Waals surface area contributed by atoms with Crippen molar-refractivity contribution in [2.75, 3.05) is 26.2 Å². The Labute approximate surface area is 165 Å². The summed E-state index contributed by atoms with van der Waals surface area (Å²) in [6.07, 6.45) is 2.57. The van der Waals surface area contributed by atoms with Crippen molar-refractivity contribution in [1.82, 2.24) is 13.9 Å². The Morgan fingerprint density at radius 2 is 0.897 bits per heavy atom. The molecule has 0 bridgehead atoms. The third-order valence-electron chi connectivity index (χ3n) is 4.68. The van der Waals surface area contributed by atoms with Crippen molar-refractivity contribution in [2.24, 2.45) is 0 Å². The maximum absolute atomic E-state index is 14.2. The van der Waals surface area contributed by atoms with E-state index in [4.69, 9.17) is 0 Å². The number of hydrogen-bond donors (Lipinski definition) is 1. The van der Waals surface area contributed by atoms with Gasteiger partial charge in [0.1, 0.15) is 0 Å². The number of hydrogen-bond acceptors (Lipinski definition) is 6. The van der Waals surface area contributed by atoms with Crippen molar-refractivity contribution in [3.63, 3.8) is 0 Å². The molecule has 2 aliphatic heterocycles. The average molecular weight is 467 g/mol. The minimum Gasteiger partial charge on any atom is -0.336 e. The van der Waals surface area contributed by atoms with Crippen LogP contribution in [0.4, 0.5) is 17.6 Å². The van der Waals surface area contributed by atoms with Gasteiger partial charge in [-0.2, -0.15) is 17.6 Å². The zero-order valence-corrected chi connectivity index (χ0v) is 16.9. The van der Waals surface area contributed by atoms with E-state index in [-0.39, 0.29) is 30.3 Å². The highest BCUT2D eigenvalue weighted by Gasteiger charge is 2.62. The van der Waals surface area contributed by atoms with Gasteiger partial charge in [-0.1, -0.05) is 4.13 Å². The first-order valence-corrected chi connectivity index (χ1v) is 11.8. The van der Waals surface area contributed by atoms with Crippen LogP contribution in [0.5, 0.6) is 0 Å². The summed E-state index contributed by atoms with van der Waals surface area (Å²) >= 11 is 0. The predicted molar refractivity (Wildman–Crippen MR) is 91.7 cm³/mol. The van der Waals surface area contributed by atoms with Gasteiger partial charge >= 0.3 is 42.4 Å². The van der Waals surface area contributed by atoms with Crippen molar-refractivity contribution < 1.29 is 44.0 Å². The van der Waals surface area contributed by atoms with Gasteiger partial charge in [-0.05, 0) is 38.5 Å². The van der Waals surface area contributed by atoms with E-state index >= 15 is 0 Å².